The van der Waals surface area contributed by atoms with E-state index >= 15 is 0 Å². The predicted molar refractivity (Wildman–Crippen MR) is 103 cm³/mol. The summed E-state index contributed by atoms with van der Waals surface area (Å²) < 4.78 is 10.2. The van der Waals surface area contributed by atoms with Gasteiger partial charge in [-0.05, 0) is 35.9 Å². The first kappa shape index (κ1) is 20.1. The number of ether oxygens (including phenoxy) is 2. The lowest BCUT2D eigenvalue weighted by Crippen LogP contribution is -2.29. The van der Waals surface area contributed by atoms with Crippen LogP contribution in [0.3, 0.4) is 0 Å². The fourth-order valence-electron chi connectivity index (χ4n) is 2.89. The van der Waals surface area contributed by atoms with Gasteiger partial charge < -0.3 is 14.8 Å². The van der Waals surface area contributed by atoms with Crippen LogP contribution in [0.1, 0.15) is 28.8 Å². The van der Waals surface area contributed by atoms with Gasteiger partial charge in [0, 0.05) is 19.4 Å². The second kappa shape index (κ2) is 9.01. The maximum absolute atomic E-state index is 12.2. The van der Waals surface area contributed by atoms with Crippen molar-refractivity contribution in [1.82, 2.24) is 5.32 Å². The summed E-state index contributed by atoms with van der Waals surface area (Å²) in [6.45, 7) is -0.184. The lowest BCUT2D eigenvalue weighted by molar-refractivity contribution is -0.124. The third-order valence-corrected chi connectivity index (χ3v) is 4.35. The average Bonchev–Trinajstić information content (AvgIpc) is 3.08. The normalized spacial score (nSPS) is 13.3. The number of rotatable bonds is 7. The number of carbonyl (C=O) groups is 4. The first-order chi connectivity index (χ1) is 14.0. The number of anilines is 1. The van der Waals surface area contributed by atoms with E-state index in [4.69, 9.17) is 9.47 Å². The minimum absolute atomic E-state index is 0.149. The molecule has 0 unspecified atom stereocenters. The van der Waals surface area contributed by atoms with Crippen LogP contribution in [0.2, 0.25) is 0 Å². The van der Waals surface area contributed by atoms with Crippen molar-refractivity contribution >= 4 is 29.4 Å². The SMILES string of the molecule is COc1cccc(CNC(=O)COC(=O)c2cccc(N3C(=O)CCC3=O)c2)c1. The molecule has 0 atom stereocenters. The van der Waals surface area contributed by atoms with E-state index in [2.05, 4.69) is 5.32 Å². The molecule has 1 saturated heterocycles. The molecule has 0 aromatic heterocycles. The zero-order valence-electron chi connectivity index (χ0n) is 15.8. The lowest BCUT2D eigenvalue weighted by atomic mass is 10.2. The van der Waals surface area contributed by atoms with Gasteiger partial charge in [-0.1, -0.05) is 18.2 Å². The number of carbonyl (C=O) groups excluding carboxylic acids is 4. The van der Waals surface area contributed by atoms with Crippen molar-refractivity contribution in [3.8, 4) is 5.75 Å². The molecule has 8 heteroatoms. The Balaban J connectivity index is 1.54. The van der Waals surface area contributed by atoms with E-state index in [0.29, 0.717) is 11.4 Å². The molecule has 0 saturated carbocycles. The highest BCUT2D eigenvalue weighted by Crippen LogP contribution is 2.23. The van der Waals surface area contributed by atoms with Crippen molar-refractivity contribution in [2.45, 2.75) is 19.4 Å². The van der Waals surface area contributed by atoms with Gasteiger partial charge >= 0.3 is 5.97 Å². The molecule has 1 fully saturated rings. The van der Waals surface area contributed by atoms with Gasteiger partial charge in [0.15, 0.2) is 6.61 Å². The van der Waals surface area contributed by atoms with Gasteiger partial charge in [0.2, 0.25) is 11.8 Å². The molecule has 1 aliphatic heterocycles. The first-order valence-electron chi connectivity index (χ1n) is 9.00. The fraction of sp³-hybridized carbons (Fsp3) is 0.238. The van der Waals surface area contributed by atoms with E-state index in [1.165, 1.54) is 12.1 Å². The number of hydrogen-bond acceptors (Lipinski definition) is 6. The number of esters is 1. The van der Waals surface area contributed by atoms with E-state index in [1.54, 1.807) is 31.4 Å². The van der Waals surface area contributed by atoms with Crippen molar-refractivity contribution in [2.24, 2.45) is 0 Å². The minimum atomic E-state index is -0.720. The van der Waals surface area contributed by atoms with Crippen molar-refractivity contribution in [2.75, 3.05) is 18.6 Å². The summed E-state index contributed by atoms with van der Waals surface area (Å²) in [6, 6.07) is 13.2. The highest BCUT2D eigenvalue weighted by Gasteiger charge is 2.30. The van der Waals surface area contributed by atoms with Gasteiger partial charge in [-0.2, -0.15) is 0 Å². The standard InChI is InChI=1S/C21H20N2O6/c1-28-17-7-2-4-14(10-17)12-22-18(24)13-29-21(27)15-5-3-6-16(11-15)23-19(25)8-9-20(23)26/h2-7,10-11H,8-9,12-13H2,1H3,(H,22,24). The molecular formula is C21H20N2O6. The Morgan fingerprint density at radius 1 is 1.03 bits per heavy atom. The van der Waals surface area contributed by atoms with Crippen molar-refractivity contribution in [3.63, 3.8) is 0 Å². The average molecular weight is 396 g/mol. The van der Waals surface area contributed by atoms with Crippen LogP contribution in [0.15, 0.2) is 48.5 Å². The number of benzene rings is 2. The smallest absolute Gasteiger partial charge is 0.338 e. The molecule has 0 bridgehead atoms. The molecule has 0 spiro atoms. The molecule has 3 amide bonds. The van der Waals surface area contributed by atoms with Crippen LogP contribution in [-0.2, 0) is 25.7 Å². The Bertz CT molecular complexity index is 940. The zero-order chi connectivity index (χ0) is 20.8. The quantitative estimate of drug-likeness (QED) is 0.566. The Kier molecular flexibility index (Phi) is 6.23. The maximum Gasteiger partial charge on any atom is 0.338 e. The van der Waals surface area contributed by atoms with Crippen LogP contribution in [0.5, 0.6) is 5.75 Å². The third kappa shape index (κ3) is 4.98. The molecule has 150 valence electrons. The highest BCUT2D eigenvalue weighted by molar-refractivity contribution is 6.20. The van der Waals surface area contributed by atoms with E-state index < -0.39 is 18.5 Å². The summed E-state index contributed by atoms with van der Waals surface area (Å²) in [6.07, 6.45) is 0.307. The zero-order valence-corrected chi connectivity index (χ0v) is 15.8. The van der Waals surface area contributed by atoms with E-state index in [1.807, 2.05) is 12.1 Å². The Hall–Kier alpha value is -3.68. The summed E-state index contributed by atoms with van der Waals surface area (Å²) in [7, 11) is 1.56. The number of nitrogens with one attached hydrogen (secondary N) is 1. The highest BCUT2D eigenvalue weighted by atomic mass is 16.5. The topological polar surface area (TPSA) is 102 Å². The largest absolute Gasteiger partial charge is 0.497 e. The lowest BCUT2D eigenvalue weighted by Gasteiger charge is -2.14. The van der Waals surface area contributed by atoms with E-state index in [9.17, 15) is 19.2 Å². The summed E-state index contributed by atoms with van der Waals surface area (Å²) in [5.74, 6) is -1.11. The van der Waals surface area contributed by atoms with Crippen LogP contribution < -0.4 is 15.0 Å². The number of hydrogen-bond donors (Lipinski definition) is 1. The van der Waals surface area contributed by atoms with Crippen LogP contribution in [0.4, 0.5) is 5.69 Å². The van der Waals surface area contributed by atoms with Gasteiger partial charge in [-0.15, -0.1) is 0 Å². The number of imide groups is 1. The summed E-state index contributed by atoms with van der Waals surface area (Å²) in [4.78, 5) is 48.9. The van der Waals surface area contributed by atoms with Crippen molar-refractivity contribution < 1.29 is 28.7 Å². The summed E-state index contributed by atoms with van der Waals surface area (Å²) >= 11 is 0. The molecule has 8 nitrogen and oxygen atoms in total. The Morgan fingerprint density at radius 3 is 2.48 bits per heavy atom. The number of methoxy groups -OCH3 is 1. The van der Waals surface area contributed by atoms with Gasteiger partial charge in [-0.25, -0.2) is 4.79 Å². The first-order valence-corrected chi connectivity index (χ1v) is 9.00. The van der Waals surface area contributed by atoms with Crippen LogP contribution in [0, 0.1) is 0 Å². The van der Waals surface area contributed by atoms with Gasteiger partial charge in [-0.3, -0.25) is 19.3 Å². The summed E-state index contributed by atoms with van der Waals surface area (Å²) in [5.41, 5.74) is 1.31. The van der Waals surface area contributed by atoms with Gasteiger partial charge in [0.05, 0.1) is 18.4 Å². The molecule has 3 rings (SSSR count). The second-order valence-corrected chi connectivity index (χ2v) is 6.38. The van der Waals surface area contributed by atoms with E-state index in [-0.39, 0.29) is 36.8 Å². The number of nitrogens with zero attached hydrogens (tertiary/aromatic N) is 1. The van der Waals surface area contributed by atoms with Gasteiger partial charge in [0.25, 0.3) is 5.91 Å². The second-order valence-electron chi connectivity index (χ2n) is 6.38. The Labute approximate surface area is 167 Å². The monoisotopic (exact) mass is 396 g/mol. The van der Waals surface area contributed by atoms with Crippen molar-refractivity contribution in [1.29, 1.82) is 0 Å². The molecule has 1 heterocycles. The molecule has 1 aliphatic rings. The molecule has 1 N–H and O–H groups in total. The fourth-order valence-corrected chi connectivity index (χ4v) is 2.89. The molecule has 0 aliphatic carbocycles. The van der Waals surface area contributed by atoms with Crippen LogP contribution in [-0.4, -0.2) is 37.4 Å². The molecule has 0 radical (unpaired) electrons. The third-order valence-electron chi connectivity index (χ3n) is 4.35. The van der Waals surface area contributed by atoms with Crippen molar-refractivity contribution in [3.05, 3.63) is 59.7 Å². The van der Waals surface area contributed by atoms with Crippen LogP contribution >= 0.6 is 0 Å². The molecular weight excluding hydrogens is 376 g/mol. The minimum Gasteiger partial charge on any atom is -0.497 e. The van der Waals surface area contributed by atoms with Gasteiger partial charge in [0.1, 0.15) is 5.75 Å². The predicted octanol–water partition coefficient (Wildman–Crippen LogP) is 1.82. The molecule has 2 aromatic rings. The van der Waals surface area contributed by atoms with Crippen LogP contribution in [0.25, 0.3) is 0 Å². The maximum atomic E-state index is 12.2. The van der Waals surface area contributed by atoms with E-state index in [0.717, 1.165) is 10.5 Å². The summed E-state index contributed by atoms with van der Waals surface area (Å²) in [5, 5.41) is 2.66. The molecule has 2 aromatic carbocycles. The number of amides is 3. The Morgan fingerprint density at radius 2 is 1.76 bits per heavy atom. The molecule has 29 heavy (non-hydrogen) atoms.